The second-order valence-electron chi connectivity index (χ2n) is 4.81. The summed E-state index contributed by atoms with van der Waals surface area (Å²) in [4.78, 5) is 6.92. The molecule has 0 radical (unpaired) electrons. The quantitative estimate of drug-likeness (QED) is 0.756. The molecule has 1 aliphatic rings. The van der Waals surface area contributed by atoms with Gasteiger partial charge in [-0.15, -0.1) is 0 Å². The van der Waals surface area contributed by atoms with Crippen LogP contribution in [0.2, 0.25) is 5.15 Å². The summed E-state index contributed by atoms with van der Waals surface area (Å²) in [5, 5.41) is 0.599. The molecule has 1 fully saturated rings. The van der Waals surface area contributed by atoms with Gasteiger partial charge in [0, 0.05) is 12.6 Å². The van der Waals surface area contributed by atoms with Gasteiger partial charge >= 0.3 is 0 Å². The van der Waals surface area contributed by atoms with Gasteiger partial charge in [0.25, 0.3) is 0 Å². The van der Waals surface area contributed by atoms with Crippen LogP contribution in [0, 0.1) is 0 Å². The second-order valence-corrected chi connectivity index (χ2v) is 5.19. The Morgan fingerprint density at radius 1 is 1.29 bits per heavy atom. The lowest BCUT2D eigenvalue weighted by molar-refractivity contribution is 0.154. The number of pyridine rings is 1. The number of nitrogens with zero attached hydrogens (tertiary/aromatic N) is 2. The van der Waals surface area contributed by atoms with Crippen LogP contribution in [0.5, 0.6) is 0 Å². The van der Waals surface area contributed by atoms with E-state index >= 15 is 0 Å². The molecule has 0 saturated heterocycles. The van der Waals surface area contributed by atoms with Crippen molar-refractivity contribution in [1.82, 2.24) is 9.88 Å². The molecule has 1 aliphatic carbocycles. The summed E-state index contributed by atoms with van der Waals surface area (Å²) in [5.41, 5.74) is 1.09. The fourth-order valence-corrected chi connectivity index (χ4v) is 2.87. The van der Waals surface area contributed by atoms with Crippen molar-refractivity contribution in [2.45, 2.75) is 51.6 Å². The van der Waals surface area contributed by atoms with E-state index in [1.54, 1.807) is 0 Å². The molecule has 0 aromatic carbocycles. The fourth-order valence-electron chi connectivity index (χ4n) is 2.69. The molecule has 2 nitrogen and oxygen atoms in total. The Kier molecular flexibility index (Phi) is 4.81. The first kappa shape index (κ1) is 12.8. The minimum Gasteiger partial charge on any atom is -0.295 e. The fraction of sp³-hybridized carbons (Fsp3) is 0.643. The van der Waals surface area contributed by atoms with Gasteiger partial charge in [0.1, 0.15) is 5.15 Å². The van der Waals surface area contributed by atoms with E-state index in [2.05, 4.69) is 22.9 Å². The molecule has 3 heteroatoms. The predicted molar refractivity (Wildman–Crippen MR) is 72.2 cm³/mol. The Bertz CT molecular complexity index is 348. The van der Waals surface area contributed by atoms with Crippen LogP contribution in [0.3, 0.4) is 0 Å². The van der Waals surface area contributed by atoms with Crippen molar-refractivity contribution in [2.24, 2.45) is 0 Å². The van der Waals surface area contributed by atoms with Crippen LogP contribution in [-0.2, 0) is 6.54 Å². The molecule has 1 saturated carbocycles. The molecule has 1 aromatic heterocycles. The van der Waals surface area contributed by atoms with E-state index in [1.807, 2.05) is 12.1 Å². The maximum absolute atomic E-state index is 5.93. The average Bonchev–Trinajstić information content (AvgIpc) is 2.37. The predicted octanol–water partition coefficient (Wildman–Crippen LogP) is 3.89. The molecule has 0 unspecified atom stereocenters. The lowest BCUT2D eigenvalue weighted by Crippen LogP contribution is -2.36. The van der Waals surface area contributed by atoms with Crippen LogP contribution >= 0.6 is 11.6 Å². The molecular formula is C14H21ClN2. The van der Waals surface area contributed by atoms with Gasteiger partial charge in [0.2, 0.25) is 0 Å². The lowest BCUT2D eigenvalue weighted by atomic mass is 9.94. The van der Waals surface area contributed by atoms with Crippen molar-refractivity contribution in [3.63, 3.8) is 0 Å². The normalized spacial score (nSPS) is 17.6. The molecule has 0 bridgehead atoms. The van der Waals surface area contributed by atoms with E-state index in [1.165, 1.54) is 32.1 Å². The number of halogens is 1. The first-order valence-corrected chi connectivity index (χ1v) is 7.03. The van der Waals surface area contributed by atoms with Gasteiger partial charge in [0.05, 0.1) is 5.69 Å². The van der Waals surface area contributed by atoms with Gasteiger partial charge in [0.15, 0.2) is 0 Å². The molecule has 0 spiro atoms. The molecule has 94 valence electrons. The first-order chi connectivity index (χ1) is 8.29. The van der Waals surface area contributed by atoms with Crippen molar-refractivity contribution in [3.8, 4) is 0 Å². The topological polar surface area (TPSA) is 16.1 Å². The molecular weight excluding hydrogens is 232 g/mol. The van der Waals surface area contributed by atoms with E-state index in [9.17, 15) is 0 Å². The summed E-state index contributed by atoms with van der Waals surface area (Å²) in [6, 6.07) is 6.63. The molecule has 0 amide bonds. The Labute approximate surface area is 109 Å². The van der Waals surface area contributed by atoms with E-state index < -0.39 is 0 Å². The maximum atomic E-state index is 5.93. The highest BCUT2D eigenvalue weighted by atomic mass is 35.5. The van der Waals surface area contributed by atoms with Crippen molar-refractivity contribution in [1.29, 1.82) is 0 Å². The second kappa shape index (κ2) is 6.36. The number of hydrogen-bond acceptors (Lipinski definition) is 2. The SMILES string of the molecule is CCN(Cc1cccc(Cl)n1)C1CCCCC1. The Morgan fingerprint density at radius 3 is 2.71 bits per heavy atom. The standard InChI is InChI=1S/C14H21ClN2/c1-2-17(13-8-4-3-5-9-13)11-12-7-6-10-14(15)16-12/h6-7,10,13H,2-5,8-9,11H2,1H3. The molecule has 17 heavy (non-hydrogen) atoms. The number of aromatic nitrogens is 1. The summed E-state index contributed by atoms with van der Waals surface area (Å²) in [7, 11) is 0. The van der Waals surface area contributed by atoms with Crippen LogP contribution in [0.15, 0.2) is 18.2 Å². The molecule has 1 heterocycles. The maximum Gasteiger partial charge on any atom is 0.129 e. The zero-order valence-corrected chi connectivity index (χ0v) is 11.3. The third kappa shape index (κ3) is 3.68. The summed E-state index contributed by atoms with van der Waals surface area (Å²) < 4.78 is 0. The van der Waals surface area contributed by atoms with Crippen molar-refractivity contribution in [2.75, 3.05) is 6.54 Å². The first-order valence-electron chi connectivity index (χ1n) is 6.65. The highest BCUT2D eigenvalue weighted by Crippen LogP contribution is 2.23. The largest absolute Gasteiger partial charge is 0.295 e. The van der Waals surface area contributed by atoms with Crippen LogP contribution in [0.1, 0.15) is 44.7 Å². The van der Waals surface area contributed by atoms with Gasteiger partial charge in [-0.3, -0.25) is 4.90 Å². The molecule has 1 aromatic rings. The molecule has 0 aliphatic heterocycles. The van der Waals surface area contributed by atoms with Crippen molar-refractivity contribution < 1.29 is 0 Å². The third-order valence-corrected chi connectivity index (χ3v) is 3.85. The summed E-state index contributed by atoms with van der Waals surface area (Å²) >= 11 is 5.93. The minimum absolute atomic E-state index is 0.599. The van der Waals surface area contributed by atoms with Gasteiger partial charge in [-0.25, -0.2) is 4.98 Å². The highest BCUT2D eigenvalue weighted by molar-refractivity contribution is 6.29. The van der Waals surface area contributed by atoms with Crippen molar-refractivity contribution >= 4 is 11.6 Å². The van der Waals surface area contributed by atoms with Gasteiger partial charge in [-0.1, -0.05) is 43.9 Å². The summed E-state index contributed by atoms with van der Waals surface area (Å²) in [6.45, 7) is 4.26. The number of hydrogen-bond donors (Lipinski definition) is 0. The van der Waals surface area contributed by atoms with Crippen LogP contribution in [0.25, 0.3) is 0 Å². The van der Waals surface area contributed by atoms with E-state index in [0.29, 0.717) is 5.15 Å². The summed E-state index contributed by atoms with van der Waals surface area (Å²) in [5.74, 6) is 0. The monoisotopic (exact) mass is 252 g/mol. The van der Waals surface area contributed by atoms with Crippen LogP contribution in [-0.4, -0.2) is 22.5 Å². The smallest absolute Gasteiger partial charge is 0.129 e. The summed E-state index contributed by atoms with van der Waals surface area (Å²) in [6.07, 6.45) is 6.85. The minimum atomic E-state index is 0.599. The number of rotatable bonds is 4. The zero-order valence-electron chi connectivity index (χ0n) is 10.5. The van der Waals surface area contributed by atoms with Gasteiger partial charge in [-0.2, -0.15) is 0 Å². The van der Waals surface area contributed by atoms with E-state index in [4.69, 9.17) is 11.6 Å². The van der Waals surface area contributed by atoms with E-state index in [-0.39, 0.29) is 0 Å². The molecule has 2 rings (SSSR count). The Morgan fingerprint density at radius 2 is 2.06 bits per heavy atom. The Balaban J connectivity index is 1.98. The molecule has 0 atom stereocenters. The van der Waals surface area contributed by atoms with Gasteiger partial charge < -0.3 is 0 Å². The van der Waals surface area contributed by atoms with Crippen molar-refractivity contribution in [3.05, 3.63) is 29.0 Å². The van der Waals surface area contributed by atoms with Gasteiger partial charge in [-0.05, 0) is 31.5 Å². The Hall–Kier alpha value is -0.600. The van der Waals surface area contributed by atoms with Crippen LogP contribution in [0.4, 0.5) is 0 Å². The third-order valence-electron chi connectivity index (χ3n) is 3.64. The zero-order chi connectivity index (χ0) is 12.1. The van der Waals surface area contributed by atoms with E-state index in [0.717, 1.165) is 24.8 Å². The lowest BCUT2D eigenvalue weighted by Gasteiger charge is -2.33. The average molecular weight is 253 g/mol. The van der Waals surface area contributed by atoms with Crippen LogP contribution < -0.4 is 0 Å². The molecule has 0 N–H and O–H groups in total. The highest BCUT2D eigenvalue weighted by Gasteiger charge is 2.20.